The van der Waals surface area contributed by atoms with E-state index in [-0.39, 0.29) is 12.3 Å². The Kier molecular flexibility index (Phi) is 5.46. The van der Waals surface area contributed by atoms with Gasteiger partial charge in [0.1, 0.15) is 0 Å². The van der Waals surface area contributed by atoms with Crippen molar-refractivity contribution in [3.8, 4) is 17.2 Å². The predicted octanol–water partition coefficient (Wildman–Crippen LogP) is 5.69. The Morgan fingerprint density at radius 3 is 2.18 bits per heavy atom. The second-order valence-corrected chi connectivity index (χ2v) is 6.11. The number of nitrogens with zero attached hydrogens (tertiary/aromatic N) is 1. The highest BCUT2D eigenvalue weighted by molar-refractivity contribution is 6.08. The van der Waals surface area contributed by atoms with Gasteiger partial charge in [-0.3, -0.25) is 4.79 Å². The van der Waals surface area contributed by atoms with Gasteiger partial charge in [0, 0.05) is 11.3 Å². The second kappa shape index (κ2) is 7.97. The molecule has 0 unspecified atom stereocenters. The first kappa shape index (κ1) is 19.2. The number of carbonyl (C=O) groups excluding carboxylic acids is 1. The quantitative estimate of drug-likeness (QED) is 0.632. The third-order valence-corrected chi connectivity index (χ3v) is 4.19. The van der Waals surface area contributed by atoms with Crippen LogP contribution in [0.15, 0.2) is 72.8 Å². The number of alkyl halides is 3. The number of nitrogens with one attached hydrogen (secondary N) is 1. The van der Waals surface area contributed by atoms with Crippen LogP contribution in [0.2, 0.25) is 0 Å². The molecule has 3 rings (SSSR count). The first-order valence-electron chi connectivity index (χ1n) is 8.42. The van der Waals surface area contributed by atoms with Gasteiger partial charge >= 0.3 is 6.18 Å². The molecule has 6 heteroatoms. The topological polar surface area (TPSA) is 52.9 Å². The summed E-state index contributed by atoms with van der Waals surface area (Å²) in [6.45, 7) is 0. The molecule has 0 saturated carbocycles. The molecule has 3 aromatic rings. The number of benzene rings is 3. The van der Waals surface area contributed by atoms with E-state index < -0.39 is 11.7 Å². The predicted molar refractivity (Wildman–Crippen MR) is 101 cm³/mol. The molecule has 0 fully saturated rings. The third kappa shape index (κ3) is 4.38. The molecule has 3 aromatic carbocycles. The molecular weight excluding hydrogens is 365 g/mol. The van der Waals surface area contributed by atoms with Gasteiger partial charge in [-0.1, -0.05) is 42.5 Å². The lowest BCUT2D eigenvalue weighted by atomic mass is 9.98. The normalized spacial score (nSPS) is 10.9. The van der Waals surface area contributed by atoms with E-state index in [0.717, 1.165) is 17.7 Å². The zero-order chi connectivity index (χ0) is 20.1. The van der Waals surface area contributed by atoms with Crippen LogP contribution >= 0.6 is 0 Å². The third-order valence-electron chi connectivity index (χ3n) is 4.19. The average Bonchev–Trinajstić information content (AvgIpc) is 2.69. The molecule has 0 heterocycles. The molecule has 0 bridgehead atoms. The van der Waals surface area contributed by atoms with Gasteiger partial charge in [-0.25, -0.2) is 0 Å². The minimum absolute atomic E-state index is 0.283. The van der Waals surface area contributed by atoms with Crippen molar-refractivity contribution < 1.29 is 18.0 Å². The molecule has 0 spiro atoms. The number of carbonyl (C=O) groups is 1. The summed E-state index contributed by atoms with van der Waals surface area (Å²) < 4.78 is 38.3. The Balaban J connectivity index is 1.85. The van der Waals surface area contributed by atoms with Crippen molar-refractivity contribution in [3.63, 3.8) is 0 Å². The molecule has 0 saturated heterocycles. The number of hydrogen-bond acceptors (Lipinski definition) is 2. The Labute approximate surface area is 160 Å². The lowest BCUT2D eigenvalue weighted by molar-refractivity contribution is -0.137. The van der Waals surface area contributed by atoms with Crippen molar-refractivity contribution in [2.75, 3.05) is 5.32 Å². The second-order valence-electron chi connectivity index (χ2n) is 6.11. The monoisotopic (exact) mass is 380 g/mol. The van der Waals surface area contributed by atoms with Crippen LogP contribution in [-0.4, -0.2) is 5.91 Å². The van der Waals surface area contributed by atoms with Crippen molar-refractivity contribution in [1.29, 1.82) is 5.26 Å². The first-order valence-corrected chi connectivity index (χ1v) is 8.42. The van der Waals surface area contributed by atoms with E-state index in [1.54, 1.807) is 48.5 Å². The van der Waals surface area contributed by atoms with Crippen LogP contribution in [0, 0.1) is 11.3 Å². The fraction of sp³-hybridized carbons (Fsp3) is 0.0909. The number of nitriles is 1. The van der Waals surface area contributed by atoms with Crippen molar-refractivity contribution in [3.05, 3.63) is 89.5 Å². The van der Waals surface area contributed by atoms with Gasteiger partial charge < -0.3 is 5.32 Å². The molecule has 1 amide bonds. The van der Waals surface area contributed by atoms with Crippen LogP contribution in [0.1, 0.15) is 21.5 Å². The summed E-state index contributed by atoms with van der Waals surface area (Å²) in [6, 6.07) is 20.4. The van der Waals surface area contributed by atoms with Gasteiger partial charge in [-0.2, -0.15) is 18.4 Å². The van der Waals surface area contributed by atoms with Gasteiger partial charge in [0.05, 0.1) is 18.1 Å². The van der Waals surface area contributed by atoms with Crippen molar-refractivity contribution in [1.82, 2.24) is 0 Å². The number of halogens is 3. The molecule has 140 valence electrons. The SMILES string of the molecule is N#CCc1ccc(NC(=O)c2ccccc2-c2ccc(C(F)(F)F)cc2)cc1. The molecule has 0 aliphatic carbocycles. The summed E-state index contributed by atoms with van der Waals surface area (Å²) >= 11 is 0. The molecule has 0 atom stereocenters. The van der Waals surface area contributed by atoms with Crippen molar-refractivity contribution in [2.45, 2.75) is 12.6 Å². The zero-order valence-corrected chi connectivity index (χ0v) is 14.6. The molecular formula is C22H15F3N2O. The van der Waals surface area contributed by atoms with E-state index in [2.05, 4.69) is 11.4 Å². The summed E-state index contributed by atoms with van der Waals surface area (Å²) in [4.78, 5) is 12.7. The van der Waals surface area contributed by atoms with Crippen LogP contribution in [0.3, 0.4) is 0 Å². The molecule has 0 aromatic heterocycles. The maximum Gasteiger partial charge on any atom is 0.416 e. The number of hydrogen-bond donors (Lipinski definition) is 1. The standard InChI is InChI=1S/C22H15F3N2O/c23-22(24,25)17-9-7-16(8-10-17)19-3-1-2-4-20(19)21(28)27-18-11-5-15(6-12-18)13-14-26/h1-12H,13H2,(H,27,28). The lowest BCUT2D eigenvalue weighted by Crippen LogP contribution is -2.13. The maximum atomic E-state index is 12.8. The van der Waals surface area contributed by atoms with E-state index in [9.17, 15) is 18.0 Å². The van der Waals surface area contributed by atoms with Gasteiger partial charge in [0.2, 0.25) is 0 Å². The maximum absolute atomic E-state index is 12.8. The lowest BCUT2D eigenvalue weighted by Gasteiger charge is -2.12. The Morgan fingerprint density at radius 2 is 1.57 bits per heavy atom. The highest BCUT2D eigenvalue weighted by atomic mass is 19.4. The fourth-order valence-electron chi connectivity index (χ4n) is 2.77. The van der Waals surface area contributed by atoms with Crippen LogP contribution in [0.5, 0.6) is 0 Å². The molecule has 1 N–H and O–H groups in total. The Morgan fingerprint density at radius 1 is 0.929 bits per heavy atom. The van der Waals surface area contributed by atoms with E-state index in [4.69, 9.17) is 5.26 Å². The van der Waals surface area contributed by atoms with Gasteiger partial charge in [0.15, 0.2) is 0 Å². The van der Waals surface area contributed by atoms with Crippen molar-refractivity contribution in [2.24, 2.45) is 0 Å². The zero-order valence-electron chi connectivity index (χ0n) is 14.6. The van der Waals surface area contributed by atoms with Crippen LogP contribution < -0.4 is 5.32 Å². The molecule has 0 aliphatic rings. The van der Waals surface area contributed by atoms with Crippen molar-refractivity contribution >= 4 is 11.6 Å². The van der Waals surface area contributed by atoms with Crippen LogP contribution in [0.4, 0.5) is 18.9 Å². The van der Waals surface area contributed by atoms with Gasteiger partial charge in [-0.15, -0.1) is 0 Å². The first-order chi connectivity index (χ1) is 13.4. The average molecular weight is 380 g/mol. The molecule has 0 radical (unpaired) electrons. The molecule has 3 nitrogen and oxygen atoms in total. The summed E-state index contributed by atoms with van der Waals surface area (Å²) in [5.41, 5.74) is 2.07. The Hall–Kier alpha value is -3.59. The fourth-order valence-corrected chi connectivity index (χ4v) is 2.77. The smallest absolute Gasteiger partial charge is 0.322 e. The number of rotatable bonds is 4. The summed E-state index contributed by atoms with van der Waals surface area (Å²) in [5.74, 6) is -0.372. The highest BCUT2D eigenvalue weighted by Gasteiger charge is 2.30. The summed E-state index contributed by atoms with van der Waals surface area (Å²) in [6.07, 6.45) is -4.13. The van der Waals surface area contributed by atoms with E-state index in [1.807, 2.05) is 0 Å². The summed E-state index contributed by atoms with van der Waals surface area (Å²) in [5, 5.41) is 11.5. The molecule has 28 heavy (non-hydrogen) atoms. The van der Waals surface area contributed by atoms with E-state index in [1.165, 1.54) is 12.1 Å². The van der Waals surface area contributed by atoms with Gasteiger partial charge in [0.25, 0.3) is 5.91 Å². The van der Waals surface area contributed by atoms with E-state index >= 15 is 0 Å². The minimum atomic E-state index is -4.41. The minimum Gasteiger partial charge on any atom is -0.322 e. The highest BCUT2D eigenvalue weighted by Crippen LogP contribution is 2.32. The number of amides is 1. The van der Waals surface area contributed by atoms with E-state index in [0.29, 0.717) is 22.4 Å². The van der Waals surface area contributed by atoms with Crippen LogP contribution in [0.25, 0.3) is 11.1 Å². The summed E-state index contributed by atoms with van der Waals surface area (Å²) in [7, 11) is 0. The Bertz CT molecular complexity index is 1020. The largest absolute Gasteiger partial charge is 0.416 e. The van der Waals surface area contributed by atoms with Gasteiger partial charge in [-0.05, 0) is 47.0 Å². The number of anilines is 1. The van der Waals surface area contributed by atoms with Crippen LogP contribution in [-0.2, 0) is 12.6 Å². The molecule has 0 aliphatic heterocycles.